The van der Waals surface area contributed by atoms with Crippen molar-refractivity contribution in [3.8, 4) is 17.0 Å². The number of amides is 1. The third kappa shape index (κ3) is 5.67. The van der Waals surface area contributed by atoms with Gasteiger partial charge in [-0.25, -0.2) is 9.36 Å². The van der Waals surface area contributed by atoms with Crippen molar-refractivity contribution >= 4 is 33.0 Å². The third-order valence-corrected chi connectivity index (χ3v) is 7.49. The third-order valence-electron chi connectivity index (χ3n) is 7.02. The molecule has 0 atom stereocenters. The molecule has 2 aliphatic heterocycles. The molecule has 0 aliphatic carbocycles. The van der Waals surface area contributed by atoms with Crippen LogP contribution in [0.3, 0.4) is 0 Å². The van der Waals surface area contributed by atoms with E-state index in [-0.39, 0.29) is 18.2 Å². The molecule has 3 aromatic rings. The molecule has 9 nitrogen and oxygen atoms in total. The maximum Gasteiger partial charge on any atom is 0.419 e. The predicted molar refractivity (Wildman–Crippen MR) is 150 cm³/mol. The minimum absolute atomic E-state index is 0.125. The lowest BCUT2D eigenvalue weighted by molar-refractivity contribution is 0.0547. The highest BCUT2D eigenvalue weighted by Crippen LogP contribution is 2.40. The molecule has 1 fully saturated rings. The van der Waals surface area contributed by atoms with Crippen LogP contribution in [-0.4, -0.2) is 54.8 Å². The fourth-order valence-electron chi connectivity index (χ4n) is 5.46. The normalized spacial score (nSPS) is 16.3. The molecule has 10 heteroatoms. The van der Waals surface area contributed by atoms with E-state index in [0.717, 1.165) is 36.8 Å². The summed E-state index contributed by atoms with van der Waals surface area (Å²) in [5.41, 5.74) is 3.37. The van der Waals surface area contributed by atoms with Crippen molar-refractivity contribution in [2.45, 2.75) is 65.6 Å². The lowest BCUT2D eigenvalue weighted by Gasteiger charge is -2.26. The number of fused-ring (bicyclic) bond motifs is 2. The van der Waals surface area contributed by atoms with Crippen LogP contribution >= 0.6 is 0 Å². The summed E-state index contributed by atoms with van der Waals surface area (Å²) in [5.74, 6) is -0.219. The minimum Gasteiger partial charge on any atom is -0.443 e. The first-order valence-corrected chi connectivity index (χ1v) is 15.1. The van der Waals surface area contributed by atoms with Gasteiger partial charge in [0.2, 0.25) is 0 Å². The van der Waals surface area contributed by atoms with Crippen LogP contribution in [-0.2, 0) is 27.9 Å². The Hall–Kier alpha value is -3.37. The number of ether oxygens (including phenoxy) is 1. The van der Waals surface area contributed by atoms with Crippen LogP contribution in [0.1, 0.15) is 67.1 Å². The van der Waals surface area contributed by atoms with Crippen molar-refractivity contribution in [2.75, 3.05) is 19.3 Å². The Bertz CT molecular complexity index is 1580. The molecule has 0 spiro atoms. The zero-order chi connectivity index (χ0) is 28.1. The molecule has 5 rings (SSSR count). The van der Waals surface area contributed by atoms with E-state index in [0.29, 0.717) is 33.5 Å². The summed E-state index contributed by atoms with van der Waals surface area (Å²) in [5, 5.41) is 3.63. The SMILES string of the molecule is Cc1cc(-c2cc3cc(CN4CCCCC4)ccc3n2C(=O)OC(C)(C)C)c2c(c1OS(C)(=O)=O)CNC2=O. The standard InChI is InChI=1S/C29H35N3O6S/c1-18-13-21(25-22(16-30-27(25)33)26(18)38-39(5,35)36)24-15-20-14-19(17-31-11-7-6-8-12-31)9-10-23(20)32(24)28(34)37-29(2,3)4/h9-10,13-15H,6-8,11-12,16-17H2,1-5H3,(H,30,33). The molecule has 1 saturated heterocycles. The molecule has 0 unspecified atom stereocenters. The Morgan fingerprint density at radius 3 is 2.46 bits per heavy atom. The summed E-state index contributed by atoms with van der Waals surface area (Å²) in [6, 6.07) is 9.65. The van der Waals surface area contributed by atoms with Crippen LogP contribution in [0.2, 0.25) is 0 Å². The van der Waals surface area contributed by atoms with Crippen molar-refractivity contribution in [1.29, 1.82) is 0 Å². The van der Waals surface area contributed by atoms with Gasteiger partial charge in [-0.1, -0.05) is 12.5 Å². The summed E-state index contributed by atoms with van der Waals surface area (Å²) in [6.45, 7) is 10.2. The predicted octanol–water partition coefficient (Wildman–Crippen LogP) is 4.97. The molecule has 208 valence electrons. The van der Waals surface area contributed by atoms with Crippen LogP contribution < -0.4 is 9.50 Å². The molecule has 39 heavy (non-hydrogen) atoms. The molecule has 3 heterocycles. The lowest BCUT2D eigenvalue weighted by atomic mass is 9.96. The van der Waals surface area contributed by atoms with Crippen LogP contribution in [0.15, 0.2) is 30.3 Å². The van der Waals surface area contributed by atoms with E-state index < -0.39 is 21.8 Å². The highest BCUT2D eigenvalue weighted by atomic mass is 32.2. The van der Waals surface area contributed by atoms with Gasteiger partial charge < -0.3 is 14.2 Å². The summed E-state index contributed by atoms with van der Waals surface area (Å²) >= 11 is 0. The smallest absolute Gasteiger partial charge is 0.419 e. The molecule has 2 aliphatic rings. The van der Waals surface area contributed by atoms with E-state index >= 15 is 0 Å². The summed E-state index contributed by atoms with van der Waals surface area (Å²) in [6.07, 6.45) is 4.08. The Kier molecular flexibility index (Phi) is 6.97. The molecular formula is C29H35N3O6S. The fourth-order valence-corrected chi connectivity index (χ4v) is 6.00. The van der Waals surface area contributed by atoms with E-state index in [1.165, 1.54) is 23.8 Å². The molecule has 0 bridgehead atoms. The Morgan fingerprint density at radius 2 is 1.79 bits per heavy atom. The van der Waals surface area contributed by atoms with E-state index in [9.17, 15) is 18.0 Å². The number of rotatable bonds is 5. The van der Waals surface area contributed by atoms with Crippen LogP contribution in [0.25, 0.3) is 22.2 Å². The number of nitrogens with one attached hydrogen (secondary N) is 1. The lowest BCUT2D eigenvalue weighted by Crippen LogP contribution is -2.29. The van der Waals surface area contributed by atoms with Gasteiger partial charge in [0.25, 0.3) is 5.91 Å². The number of benzene rings is 2. The number of hydrogen-bond donors (Lipinski definition) is 1. The molecule has 1 amide bonds. The first-order valence-electron chi connectivity index (χ1n) is 13.3. The largest absolute Gasteiger partial charge is 0.443 e. The Morgan fingerprint density at radius 1 is 1.08 bits per heavy atom. The van der Waals surface area contributed by atoms with Gasteiger partial charge in [0.05, 0.1) is 23.0 Å². The number of hydrogen-bond acceptors (Lipinski definition) is 7. The maximum absolute atomic E-state index is 13.6. The average Bonchev–Trinajstić information content (AvgIpc) is 3.40. The fraction of sp³-hybridized carbons (Fsp3) is 0.448. The second kappa shape index (κ2) is 9.98. The highest BCUT2D eigenvalue weighted by Gasteiger charge is 2.32. The van der Waals surface area contributed by atoms with Gasteiger partial charge >= 0.3 is 16.2 Å². The van der Waals surface area contributed by atoms with Gasteiger partial charge in [-0.05, 0) is 89.0 Å². The molecule has 1 aromatic heterocycles. The van der Waals surface area contributed by atoms with Crippen molar-refractivity contribution in [3.63, 3.8) is 0 Å². The van der Waals surface area contributed by atoms with E-state index in [1.54, 1.807) is 33.8 Å². The zero-order valence-electron chi connectivity index (χ0n) is 23.1. The number of likely N-dealkylation sites (tertiary alicyclic amines) is 1. The number of carbonyl (C=O) groups excluding carboxylic acids is 2. The quantitative estimate of drug-likeness (QED) is 0.445. The first-order chi connectivity index (χ1) is 18.3. The average molecular weight is 554 g/mol. The minimum atomic E-state index is -3.82. The second-order valence-electron chi connectivity index (χ2n) is 11.5. The molecule has 1 N–H and O–H groups in total. The molecular weight excluding hydrogens is 518 g/mol. The van der Waals surface area contributed by atoms with Crippen molar-refractivity contribution < 1.29 is 26.9 Å². The molecule has 0 radical (unpaired) electrons. The van der Waals surface area contributed by atoms with E-state index in [4.69, 9.17) is 8.92 Å². The monoisotopic (exact) mass is 553 g/mol. The Balaban J connectivity index is 1.69. The number of piperidine rings is 1. The summed E-state index contributed by atoms with van der Waals surface area (Å²) in [4.78, 5) is 29.1. The Labute approximate surface area is 229 Å². The maximum atomic E-state index is 13.6. The summed E-state index contributed by atoms with van der Waals surface area (Å²) in [7, 11) is -3.82. The number of aryl methyl sites for hydroxylation is 1. The van der Waals surface area contributed by atoms with Crippen molar-refractivity contribution in [3.05, 3.63) is 52.6 Å². The zero-order valence-corrected chi connectivity index (χ0v) is 23.9. The van der Waals surface area contributed by atoms with Gasteiger partial charge in [0.15, 0.2) is 5.75 Å². The van der Waals surface area contributed by atoms with Crippen molar-refractivity contribution in [2.24, 2.45) is 0 Å². The molecule has 0 saturated carbocycles. The summed E-state index contributed by atoms with van der Waals surface area (Å²) < 4.78 is 36.5. The van der Waals surface area contributed by atoms with Gasteiger partial charge in [0.1, 0.15) is 5.60 Å². The number of aromatic nitrogens is 1. The second-order valence-corrected chi connectivity index (χ2v) is 13.0. The van der Waals surface area contributed by atoms with Crippen LogP contribution in [0.4, 0.5) is 4.79 Å². The van der Waals surface area contributed by atoms with E-state index in [2.05, 4.69) is 16.3 Å². The van der Waals surface area contributed by atoms with Crippen LogP contribution in [0, 0.1) is 6.92 Å². The topological polar surface area (TPSA) is 107 Å². The van der Waals surface area contributed by atoms with Gasteiger partial charge in [-0.15, -0.1) is 0 Å². The number of nitrogens with zero attached hydrogens (tertiary/aromatic N) is 2. The number of carbonyl (C=O) groups is 2. The first kappa shape index (κ1) is 27.2. The highest BCUT2D eigenvalue weighted by molar-refractivity contribution is 7.86. The van der Waals surface area contributed by atoms with Crippen molar-refractivity contribution in [1.82, 2.24) is 14.8 Å². The van der Waals surface area contributed by atoms with Crippen LogP contribution in [0.5, 0.6) is 5.75 Å². The van der Waals surface area contributed by atoms with Gasteiger partial charge in [-0.2, -0.15) is 8.42 Å². The van der Waals surface area contributed by atoms with Gasteiger partial charge in [-0.3, -0.25) is 9.69 Å². The molecule has 2 aromatic carbocycles. The van der Waals surface area contributed by atoms with E-state index in [1.807, 2.05) is 18.2 Å². The van der Waals surface area contributed by atoms with Gasteiger partial charge in [0, 0.05) is 29.6 Å².